The van der Waals surface area contributed by atoms with Crippen molar-refractivity contribution in [3.63, 3.8) is 0 Å². The third-order valence-electron chi connectivity index (χ3n) is 3.68. The molecule has 0 unspecified atom stereocenters. The molecular weight excluding hydrogens is 262 g/mol. The SMILES string of the molecule is CCC(CC)C(=O)Nc1cnn(Cc2cccc(C)c2)c1. The van der Waals surface area contributed by atoms with Gasteiger partial charge >= 0.3 is 0 Å². The van der Waals surface area contributed by atoms with E-state index in [4.69, 9.17) is 0 Å². The molecule has 1 N–H and O–H groups in total. The summed E-state index contributed by atoms with van der Waals surface area (Å²) in [5.41, 5.74) is 3.21. The first-order valence-corrected chi connectivity index (χ1v) is 7.51. The van der Waals surface area contributed by atoms with Gasteiger partial charge in [0.2, 0.25) is 5.91 Å². The number of carbonyl (C=O) groups is 1. The fraction of sp³-hybridized carbons (Fsp3) is 0.412. The number of anilines is 1. The maximum Gasteiger partial charge on any atom is 0.227 e. The molecular formula is C17H23N3O. The van der Waals surface area contributed by atoms with Gasteiger partial charge in [0.05, 0.1) is 18.4 Å². The van der Waals surface area contributed by atoms with Crippen molar-refractivity contribution in [1.82, 2.24) is 9.78 Å². The Morgan fingerprint density at radius 3 is 2.76 bits per heavy atom. The standard InChI is InChI=1S/C17H23N3O/c1-4-15(5-2)17(21)19-16-10-18-20(12-16)11-14-8-6-7-13(3)9-14/h6-10,12,15H,4-5,11H2,1-3H3,(H,19,21). The van der Waals surface area contributed by atoms with Gasteiger partial charge in [-0.05, 0) is 25.3 Å². The number of hydrogen-bond donors (Lipinski definition) is 1. The minimum Gasteiger partial charge on any atom is -0.323 e. The number of carbonyl (C=O) groups excluding carboxylic acids is 1. The molecule has 0 aliphatic heterocycles. The molecule has 2 rings (SSSR count). The van der Waals surface area contributed by atoms with Gasteiger partial charge < -0.3 is 5.32 Å². The Morgan fingerprint density at radius 1 is 1.33 bits per heavy atom. The summed E-state index contributed by atoms with van der Waals surface area (Å²) in [7, 11) is 0. The second-order valence-electron chi connectivity index (χ2n) is 5.42. The lowest BCUT2D eigenvalue weighted by Gasteiger charge is -2.11. The monoisotopic (exact) mass is 285 g/mol. The first-order valence-electron chi connectivity index (χ1n) is 7.51. The van der Waals surface area contributed by atoms with E-state index in [0.717, 1.165) is 18.5 Å². The summed E-state index contributed by atoms with van der Waals surface area (Å²) in [5, 5.41) is 7.25. The lowest BCUT2D eigenvalue weighted by Crippen LogP contribution is -2.21. The van der Waals surface area contributed by atoms with Crippen LogP contribution in [-0.2, 0) is 11.3 Å². The van der Waals surface area contributed by atoms with Crippen molar-refractivity contribution >= 4 is 11.6 Å². The van der Waals surface area contributed by atoms with E-state index in [0.29, 0.717) is 6.54 Å². The first-order chi connectivity index (χ1) is 10.1. The van der Waals surface area contributed by atoms with Gasteiger partial charge in [-0.3, -0.25) is 9.48 Å². The van der Waals surface area contributed by atoms with Crippen molar-refractivity contribution in [3.8, 4) is 0 Å². The van der Waals surface area contributed by atoms with Gasteiger partial charge in [0.15, 0.2) is 0 Å². The molecule has 21 heavy (non-hydrogen) atoms. The average Bonchev–Trinajstić information content (AvgIpc) is 2.87. The van der Waals surface area contributed by atoms with Crippen LogP contribution in [-0.4, -0.2) is 15.7 Å². The molecule has 2 aromatic rings. The molecule has 1 aromatic carbocycles. The molecule has 0 aliphatic rings. The Bertz CT molecular complexity index is 600. The van der Waals surface area contributed by atoms with Crippen LogP contribution in [0, 0.1) is 12.8 Å². The van der Waals surface area contributed by atoms with Crippen molar-refractivity contribution in [3.05, 3.63) is 47.8 Å². The summed E-state index contributed by atoms with van der Waals surface area (Å²) in [6, 6.07) is 8.35. The number of benzene rings is 1. The first kappa shape index (κ1) is 15.3. The highest BCUT2D eigenvalue weighted by Crippen LogP contribution is 2.13. The minimum absolute atomic E-state index is 0.0742. The third kappa shape index (κ3) is 4.18. The number of aromatic nitrogens is 2. The Kier molecular flexibility index (Phi) is 5.14. The van der Waals surface area contributed by atoms with Crippen LogP contribution in [0.2, 0.25) is 0 Å². The van der Waals surface area contributed by atoms with Crippen LogP contribution in [0.5, 0.6) is 0 Å². The molecule has 0 spiro atoms. The molecule has 1 heterocycles. The molecule has 112 valence electrons. The molecule has 4 nitrogen and oxygen atoms in total. The predicted octanol–water partition coefficient (Wildman–Crippen LogP) is 3.61. The van der Waals surface area contributed by atoms with E-state index >= 15 is 0 Å². The lowest BCUT2D eigenvalue weighted by atomic mass is 10.0. The molecule has 0 fully saturated rings. The Hall–Kier alpha value is -2.10. The van der Waals surface area contributed by atoms with Crippen LogP contribution >= 0.6 is 0 Å². The van der Waals surface area contributed by atoms with Crippen LogP contribution in [0.1, 0.15) is 37.8 Å². The normalized spacial score (nSPS) is 10.9. The van der Waals surface area contributed by atoms with E-state index in [1.807, 2.05) is 30.8 Å². The Labute approximate surface area is 126 Å². The van der Waals surface area contributed by atoms with Crippen molar-refractivity contribution in [2.45, 2.75) is 40.2 Å². The number of hydrogen-bond acceptors (Lipinski definition) is 2. The molecule has 0 atom stereocenters. The van der Waals surface area contributed by atoms with E-state index in [2.05, 4.69) is 35.5 Å². The lowest BCUT2D eigenvalue weighted by molar-refractivity contribution is -0.120. The summed E-state index contributed by atoms with van der Waals surface area (Å²) < 4.78 is 1.84. The maximum atomic E-state index is 12.0. The average molecular weight is 285 g/mol. The largest absolute Gasteiger partial charge is 0.323 e. The number of rotatable bonds is 6. The van der Waals surface area contributed by atoms with Crippen molar-refractivity contribution in [2.75, 3.05) is 5.32 Å². The van der Waals surface area contributed by atoms with Gasteiger partial charge in [-0.1, -0.05) is 43.7 Å². The smallest absolute Gasteiger partial charge is 0.227 e. The molecule has 0 bridgehead atoms. The zero-order chi connectivity index (χ0) is 15.2. The highest BCUT2D eigenvalue weighted by Gasteiger charge is 2.14. The highest BCUT2D eigenvalue weighted by atomic mass is 16.1. The third-order valence-corrected chi connectivity index (χ3v) is 3.68. The van der Waals surface area contributed by atoms with Crippen molar-refractivity contribution < 1.29 is 4.79 Å². The highest BCUT2D eigenvalue weighted by molar-refractivity contribution is 5.92. The zero-order valence-electron chi connectivity index (χ0n) is 13.0. The van der Waals surface area contributed by atoms with Gasteiger partial charge in [0.25, 0.3) is 0 Å². The second kappa shape index (κ2) is 7.07. The van der Waals surface area contributed by atoms with E-state index in [1.54, 1.807) is 6.20 Å². The van der Waals surface area contributed by atoms with Crippen molar-refractivity contribution in [2.24, 2.45) is 5.92 Å². The fourth-order valence-electron chi connectivity index (χ4n) is 2.42. The summed E-state index contributed by atoms with van der Waals surface area (Å²) in [4.78, 5) is 12.0. The predicted molar refractivity (Wildman–Crippen MR) is 85.2 cm³/mol. The summed E-state index contributed by atoms with van der Waals surface area (Å²) in [6.45, 7) is 6.86. The summed E-state index contributed by atoms with van der Waals surface area (Å²) in [6.07, 6.45) is 5.30. The number of nitrogens with zero attached hydrogens (tertiary/aromatic N) is 2. The quantitative estimate of drug-likeness (QED) is 0.881. The number of nitrogens with one attached hydrogen (secondary N) is 1. The van der Waals surface area contributed by atoms with Gasteiger partial charge in [-0.2, -0.15) is 5.10 Å². The topological polar surface area (TPSA) is 46.9 Å². The van der Waals surface area contributed by atoms with Gasteiger partial charge in [-0.15, -0.1) is 0 Å². The van der Waals surface area contributed by atoms with E-state index in [1.165, 1.54) is 11.1 Å². The minimum atomic E-state index is 0.0742. The second-order valence-corrected chi connectivity index (χ2v) is 5.42. The van der Waals surface area contributed by atoms with E-state index in [-0.39, 0.29) is 11.8 Å². The zero-order valence-corrected chi connectivity index (χ0v) is 13.0. The van der Waals surface area contributed by atoms with Gasteiger partial charge in [-0.25, -0.2) is 0 Å². The molecule has 0 radical (unpaired) electrons. The number of aryl methyl sites for hydroxylation is 1. The van der Waals surface area contributed by atoms with Gasteiger partial charge in [0.1, 0.15) is 0 Å². The van der Waals surface area contributed by atoms with Crippen LogP contribution in [0.4, 0.5) is 5.69 Å². The molecule has 1 amide bonds. The van der Waals surface area contributed by atoms with Crippen LogP contribution in [0.15, 0.2) is 36.7 Å². The van der Waals surface area contributed by atoms with E-state index < -0.39 is 0 Å². The summed E-state index contributed by atoms with van der Waals surface area (Å²) >= 11 is 0. The number of amides is 1. The molecule has 4 heteroatoms. The van der Waals surface area contributed by atoms with Gasteiger partial charge in [0, 0.05) is 12.1 Å². The van der Waals surface area contributed by atoms with Crippen LogP contribution in [0.25, 0.3) is 0 Å². The fourth-order valence-corrected chi connectivity index (χ4v) is 2.42. The van der Waals surface area contributed by atoms with E-state index in [9.17, 15) is 4.79 Å². The Morgan fingerprint density at radius 2 is 2.10 bits per heavy atom. The van der Waals surface area contributed by atoms with Crippen LogP contribution < -0.4 is 5.32 Å². The molecule has 1 aromatic heterocycles. The van der Waals surface area contributed by atoms with Crippen LogP contribution in [0.3, 0.4) is 0 Å². The summed E-state index contributed by atoms with van der Waals surface area (Å²) in [5.74, 6) is 0.153. The molecule has 0 saturated carbocycles. The Balaban J connectivity index is 2.00. The van der Waals surface area contributed by atoms with Crippen molar-refractivity contribution in [1.29, 1.82) is 0 Å². The molecule has 0 saturated heterocycles. The molecule has 0 aliphatic carbocycles. The maximum absolute atomic E-state index is 12.0.